The van der Waals surface area contributed by atoms with E-state index in [1.165, 1.54) is 12.8 Å². The van der Waals surface area contributed by atoms with Crippen LogP contribution < -0.4 is 5.32 Å². The van der Waals surface area contributed by atoms with Gasteiger partial charge in [0.15, 0.2) is 0 Å². The summed E-state index contributed by atoms with van der Waals surface area (Å²) in [6.45, 7) is 1.54. The Morgan fingerprint density at radius 3 is 2.94 bits per heavy atom. The fourth-order valence-corrected chi connectivity index (χ4v) is 2.29. The highest BCUT2D eigenvalue weighted by molar-refractivity contribution is 9.10. The summed E-state index contributed by atoms with van der Waals surface area (Å²) in [5, 5.41) is 3.05. The highest BCUT2D eigenvalue weighted by atomic mass is 79.9. The minimum atomic E-state index is 0.0952. The number of hydrogen-bond acceptors (Lipinski definition) is 2. The van der Waals surface area contributed by atoms with Crippen LogP contribution in [0.15, 0.2) is 16.7 Å². The van der Waals surface area contributed by atoms with Gasteiger partial charge in [0.2, 0.25) is 0 Å². The van der Waals surface area contributed by atoms with Gasteiger partial charge in [0.1, 0.15) is 5.69 Å². The van der Waals surface area contributed by atoms with Gasteiger partial charge in [0.05, 0.1) is 0 Å². The molecule has 1 N–H and O–H groups in total. The first kappa shape index (κ1) is 12.6. The van der Waals surface area contributed by atoms with E-state index < -0.39 is 0 Å². The summed E-state index contributed by atoms with van der Waals surface area (Å²) < 4.78 is 3.08. The second-order valence-electron chi connectivity index (χ2n) is 4.51. The molecule has 0 aliphatic heterocycles. The molecule has 1 saturated carbocycles. The summed E-state index contributed by atoms with van der Waals surface area (Å²) in [6.07, 6.45) is 4.38. The van der Waals surface area contributed by atoms with Crippen molar-refractivity contribution < 1.29 is 4.79 Å². The van der Waals surface area contributed by atoms with Gasteiger partial charge in [-0.05, 0) is 41.9 Å². The van der Waals surface area contributed by atoms with Crippen molar-refractivity contribution in [3.63, 3.8) is 0 Å². The average Bonchev–Trinajstić information content (AvgIpc) is 3.08. The van der Waals surface area contributed by atoms with Crippen LogP contribution in [-0.4, -0.2) is 42.6 Å². The summed E-state index contributed by atoms with van der Waals surface area (Å²) >= 11 is 3.45. The Balaban J connectivity index is 2.12. The fraction of sp³-hybridized carbons (Fsp3) is 0.583. The van der Waals surface area contributed by atoms with Crippen molar-refractivity contribution in [2.45, 2.75) is 18.9 Å². The van der Waals surface area contributed by atoms with E-state index in [1.54, 1.807) is 4.90 Å². The molecule has 1 amide bonds. The van der Waals surface area contributed by atoms with E-state index in [9.17, 15) is 4.79 Å². The SMILES string of the molecule is CNCCN(C)C(=O)c1cc(Br)cn1C1CC1. The molecule has 0 spiro atoms. The van der Waals surface area contributed by atoms with Gasteiger partial charge >= 0.3 is 0 Å². The zero-order valence-corrected chi connectivity index (χ0v) is 11.8. The van der Waals surface area contributed by atoms with Crippen molar-refractivity contribution in [3.05, 3.63) is 22.4 Å². The predicted molar refractivity (Wildman–Crippen MR) is 71.3 cm³/mol. The summed E-state index contributed by atoms with van der Waals surface area (Å²) in [6, 6.07) is 2.44. The van der Waals surface area contributed by atoms with Crippen LogP contribution in [0.2, 0.25) is 0 Å². The molecule has 1 fully saturated rings. The Bertz CT molecular complexity index is 412. The molecule has 2 rings (SSSR count). The molecule has 1 heterocycles. The van der Waals surface area contributed by atoms with Crippen LogP contribution in [0.4, 0.5) is 0 Å². The topological polar surface area (TPSA) is 37.3 Å². The molecule has 17 heavy (non-hydrogen) atoms. The largest absolute Gasteiger partial charge is 0.339 e. The van der Waals surface area contributed by atoms with Gasteiger partial charge in [-0.3, -0.25) is 4.79 Å². The van der Waals surface area contributed by atoms with Gasteiger partial charge in [-0.15, -0.1) is 0 Å². The zero-order chi connectivity index (χ0) is 12.4. The molecule has 0 bridgehead atoms. The third kappa shape index (κ3) is 2.90. The maximum atomic E-state index is 12.3. The first-order valence-electron chi connectivity index (χ1n) is 5.91. The van der Waals surface area contributed by atoms with Crippen molar-refractivity contribution in [1.82, 2.24) is 14.8 Å². The molecule has 0 saturated heterocycles. The number of aromatic nitrogens is 1. The molecular formula is C12H18BrN3O. The molecule has 1 aromatic heterocycles. The number of hydrogen-bond donors (Lipinski definition) is 1. The Labute approximate surface area is 110 Å². The number of amides is 1. The van der Waals surface area contributed by atoms with Crippen LogP contribution in [0.3, 0.4) is 0 Å². The number of likely N-dealkylation sites (N-methyl/N-ethyl adjacent to an activating group) is 2. The average molecular weight is 300 g/mol. The first-order valence-corrected chi connectivity index (χ1v) is 6.70. The van der Waals surface area contributed by atoms with Crippen molar-refractivity contribution >= 4 is 21.8 Å². The van der Waals surface area contributed by atoms with E-state index in [4.69, 9.17) is 0 Å². The van der Waals surface area contributed by atoms with Crippen LogP contribution in [0.5, 0.6) is 0 Å². The second kappa shape index (κ2) is 5.23. The quantitative estimate of drug-likeness (QED) is 0.901. The van der Waals surface area contributed by atoms with Gasteiger partial charge in [-0.25, -0.2) is 0 Å². The molecule has 4 nitrogen and oxygen atoms in total. The number of nitrogens with zero attached hydrogens (tertiary/aromatic N) is 2. The third-order valence-corrected chi connectivity index (χ3v) is 3.45. The molecule has 0 atom stereocenters. The number of carbonyl (C=O) groups is 1. The predicted octanol–water partition coefficient (Wildman–Crippen LogP) is 1.88. The lowest BCUT2D eigenvalue weighted by molar-refractivity contribution is 0.0786. The fourth-order valence-electron chi connectivity index (χ4n) is 1.85. The molecular weight excluding hydrogens is 282 g/mol. The van der Waals surface area contributed by atoms with Gasteiger partial charge in [0, 0.05) is 36.8 Å². The van der Waals surface area contributed by atoms with Crippen molar-refractivity contribution in [3.8, 4) is 0 Å². The molecule has 0 unspecified atom stereocenters. The van der Waals surface area contributed by atoms with E-state index in [-0.39, 0.29) is 5.91 Å². The maximum absolute atomic E-state index is 12.3. The lowest BCUT2D eigenvalue weighted by Crippen LogP contribution is -2.33. The smallest absolute Gasteiger partial charge is 0.270 e. The normalized spacial score (nSPS) is 15.0. The van der Waals surface area contributed by atoms with Crippen LogP contribution in [0.25, 0.3) is 0 Å². The van der Waals surface area contributed by atoms with E-state index in [0.29, 0.717) is 6.04 Å². The van der Waals surface area contributed by atoms with Crippen LogP contribution >= 0.6 is 15.9 Å². The van der Waals surface area contributed by atoms with Gasteiger partial charge in [-0.1, -0.05) is 0 Å². The Morgan fingerprint density at radius 1 is 1.65 bits per heavy atom. The third-order valence-electron chi connectivity index (χ3n) is 3.02. The van der Waals surface area contributed by atoms with E-state index >= 15 is 0 Å². The van der Waals surface area contributed by atoms with Gasteiger partial charge in [-0.2, -0.15) is 0 Å². The van der Waals surface area contributed by atoms with E-state index in [0.717, 1.165) is 23.3 Å². The summed E-state index contributed by atoms with van der Waals surface area (Å²) in [5.74, 6) is 0.0952. The van der Waals surface area contributed by atoms with Crippen LogP contribution in [0.1, 0.15) is 29.4 Å². The zero-order valence-electron chi connectivity index (χ0n) is 10.2. The lowest BCUT2D eigenvalue weighted by Gasteiger charge is -2.18. The molecule has 1 aliphatic rings. The van der Waals surface area contributed by atoms with Crippen molar-refractivity contribution in [1.29, 1.82) is 0 Å². The molecule has 0 aromatic carbocycles. The molecule has 94 valence electrons. The first-order chi connectivity index (χ1) is 8.13. The maximum Gasteiger partial charge on any atom is 0.270 e. The number of carbonyl (C=O) groups excluding carboxylic acids is 1. The van der Waals surface area contributed by atoms with Crippen molar-refractivity contribution in [2.75, 3.05) is 27.2 Å². The second-order valence-corrected chi connectivity index (χ2v) is 5.43. The van der Waals surface area contributed by atoms with Gasteiger partial charge < -0.3 is 14.8 Å². The molecule has 5 heteroatoms. The Kier molecular flexibility index (Phi) is 3.89. The number of nitrogens with one attached hydrogen (secondary N) is 1. The number of rotatable bonds is 5. The molecule has 1 aliphatic carbocycles. The Hall–Kier alpha value is -0.810. The Morgan fingerprint density at radius 2 is 2.35 bits per heavy atom. The summed E-state index contributed by atoms with van der Waals surface area (Å²) in [5.41, 5.74) is 0.790. The molecule has 0 radical (unpaired) electrons. The highest BCUT2D eigenvalue weighted by Crippen LogP contribution is 2.37. The highest BCUT2D eigenvalue weighted by Gasteiger charge is 2.28. The minimum Gasteiger partial charge on any atom is -0.339 e. The molecule has 1 aromatic rings. The summed E-state index contributed by atoms with van der Waals surface area (Å²) in [7, 11) is 3.74. The lowest BCUT2D eigenvalue weighted by atomic mass is 10.3. The number of halogens is 1. The van der Waals surface area contributed by atoms with E-state index in [1.807, 2.05) is 26.4 Å². The minimum absolute atomic E-state index is 0.0952. The van der Waals surface area contributed by atoms with Crippen LogP contribution in [0, 0.1) is 0 Å². The summed E-state index contributed by atoms with van der Waals surface area (Å²) in [4.78, 5) is 14.0. The van der Waals surface area contributed by atoms with Crippen molar-refractivity contribution in [2.24, 2.45) is 0 Å². The monoisotopic (exact) mass is 299 g/mol. The van der Waals surface area contributed by atoms with Crippen LogP contribution in [-0.2, 0) is 0 Å². The van der Waals surface area contributed by atoms with E-state index in [2.05, 4.69) is 25.8 Å². The standard InChI is InChI=1S/C12H18BrN3O/c1-14-5-6-15(2)12(17)11-7-9(13)8-16(11)10-3-4-10/h7-8,10,14H,3-6H2,1-2H3. The van der Waals surface area contributed by atoms with Gasteiger partial charge in [0.25, 0.3) is 5.91 Å².